The van der Waals surface area contributed by atoms with Crippen molar-refractivity contribution in [2.45, 2.75) is 38.0 Å². The molecular formula is C15H15BrFNO4. The van der Waals surface area contributed by atoms with Crippen LogP contribution in [0.2, 0.25) is 0 Å². The highest BCUT2D eigenvalue weighted by Gasteiger charge is 2.38. The molecule has 0 bridgehead atoms. The van der Waals surface area contributed by atoms with E-state index < -0.39 is 18.2 Å². The number of halogens is 2. The number of benzene rings is 1. The zero-order chi connectivity index (χ0) is 15.9. The third-order valence-corrected chi connectivity index (χ3v) is 4.92. The molecule has 2 aliphatic heterocycles. The molecule has 3 rings (SSSR count). The Morgan fingerprint density at radius 1 is 1.27 bits per heavy atom. The third-order valence-electron chi connectivity index (χ3n) is 4.18. The third kappa shape index (κ3) is 2.75. The second-order valence-corrected chi connectivity index (χ2v) is 6.38. The fourth-order valence-corrected chi connectivity index (χ4v) is 3.56. The SMILES string of the molecule is O=C(O)[C@H]1CC[C@@H](C(=O)N2CCc3c(Br)ccc(F)c3C2)O1. The van der Waals surface area contributed by atoms with E-state index in [2.05, 4.69) is 15.9 Å². The average Bonchev–Trinajstić information content (AvgIpc) is 3.00. The molecule has 1 amide bonds. The number of carbonyl (C=O) groups excluding carboxylic acids is 1. The van der Waals surface area contributed by atoms with Crippen LogP contribution < -0.4 is 0 Å². The van der Waals surface area contributed by atoms with Gasteiger partial charge in [0, 0.05) is 23.1 Å². The summed E-state index contributed by atoms with van der Waals surface area (Å²) >= 11 is 3.40. The topological polar surface area (TPSA) is 66.8 Å². The van der Waals surface area contributed by atoms with Crippen molar-refractivity contribution >= 4 is 27.8 Å². The molecule has 22 heavy (non-hydrogen) atoms. The zero-order valence-electron chi connectivity index (χ0n) is 11.7. The summed E-state index contributed by atoms with van der Waals surface area (Å²) in [6, 6.07) is 3.05. The van der Waals surface area contributed by atoms with Gasteiger partial charge in [-0.1, -0.05) is 15.9 Å². The summed E-state index contributed by atoms with van der Waals surface area (Å²) in [6.07, 6.45) is -0.375. The second kappa shape index (κ2) is 5.96. The molecule has 0 saturated carbocycles. The minimum absolute atomic E-state index is 0.192. The van der Waals surface area contributed by atoms with Crippen LogP contribution in [0.5, 0.6) is 0 Å². The molecular weight excluding hydrogens is 357 g/mol. The molecule has 0 unspecified atom stereocenters. The van der Waals surface area contributed by atoms with Crippen molar-refractivity contribution in [2.24, 2.45) is 0 Å². The molecule has 1 fully saturated rings. The summed E-state index contributed by atoms with van der Waals surface area (Å²) in [4.78, 5) is 24.9. The summed E-state index contributed by atoms with van der Waals surface area (Å²) in [6.45, 7) is 0.669. The maximum absolute atomic E-state index is 14.0. The van der Waals surface area contributed by atoms with Gasteiger partial charge in [0.15, 0.2) is 6.10 Å². The first-order valence-corrected chi connectivity index (χ1v) is 7.89. The van der Waals surface area contributed by atoms with Crippen molar-refractivity contribution in [1.82, 2.24) is 4.90 Å². The molecule has 1 aromatic rings. The fraction of sp³-hybridized carbons (Fsp3) is 0.467. The van der Waals surface area contributed by atoms with E-state index in [1.54, 1.807) is 11.0 Å². The molecule has 2 heterocycles. The Morgan fingerprint density at radius 3 is 2.68 bits per heavy atom. The number of fused-ring (bicyclic) bond motifs is 1. The van der Waals surface area contributed by atoms with Crippen molar-refractivity contribution in [1.29, 1.82) is 0 Å². The molecule has 7 heteroatoms. The van der Waals surface area contributed by atoms with Gasteiger partial charge in [-0.3, -0.25) is 4.79 Å². The standard InChI is InChI=1S/C15H15BrFNO4/c16-10-1-2-11(17)9-7-18(6-5-8(9)10)14(19)12-3-4-13(22-12)15(20)21/h1-2,12-13H,3-7H2,(H,20,21)/t12-,13+/m0/s1. The van der Waals surface area contributed by atoms with Crippen LogP contribution in [-0.4, -0.2) is 40.6 Å². The second-order valence-electron chi connectivity index (χ2n) is 5.53. The van der Waals surface area contributed by atoms with E-state index in [4.69, 9.17) is 9.84 Å². The molecule has 1 aromatic carbocycles. The van der Waals surface area contributed by atoms with E-state index in [0.717, 1.165) is 10.0 Å². The van der Waals surface area contributed by atoms with Gasteiger partial charge in [0.2, 0.25) is 0 Å². The lowest BCUT2D eigenvalue weighted by molar-refractivity contribution is -0.155. The molecule has 118 valence electrons. The van der Waals surface area contributed by atoms with Crippen LogP contribution in [0.15, 0.2) is 16.6 Å². The van der Waals surface area contributed by atoms with E-state index in [-0.39, 0.29) is 18.3 Å². The van der Waals surface area contributed by atoms with Gasteiger partial charge in [0.1, 0.15) is 11.9 Å². The van der Waals surface area contributed by atoms with E-state index in [1.165, 1.54) is 6.07 Å². The Labute approximate surface area is 135 Å². The van der Waals surface area contributed by atoms with E-state index in [1.807, 2.05) is 0 Å². The van der Waals surface area contributed by atoms with Crippen molar-refractivity contribution in [3.8, 4) is 0 Å². The van der Waals surface area contributed by atoms with Crippen molar-refractivity contribution in [3.05, 3.63) is 33.5 Å². The van der Waals surface area contributed by atoms with Crippen LogP contribution in [0.1, 0.15) is 24.0 Å². The molecule has 0 aliphatic carbocycles. The Kier molecular flexibility index (Phi) is 4.18. The van der Waals surface area contributed by atoms with Gasteiger partial charge in [-0.25, -0.2) is 9.18 Å². The highest BCUT2D eigenvalue weighted by atomic mass is 79.9. The largest absolute Gasteiger partial charge is 0.479 e. The molecule has 5 nitrogen and oxygen atoms in total. The van der Waals surface area contributed by atoms with Gasteiger partial charge < -0.3 is 14.7 Å². The van der Waals surface area contributed by atoms with Crippen LogP contribution in [0.25, 0.3) is 0 Å². The van der Waals surface area contributed by atoms with Crippen molar-refractivity contribution < 1.29 is 23.8 Å². The summed E-state index contributed by atoms with van der Waals surface area (Å²) in [5.74, 6) is -1.63. The number of amides is 1. The quantitative estimate of drug-likeness (QED) is 0.864. The van der Waals surface area contributed by atoms with Crippen LogP contribution in [0.4, 0.5) is 4.39 Å². The summed E-state index contributed by atoms with van der Waals surface area (Å²) in [5, 5.41) is 8.92. The zero-order valence-corrected chi connectivity index (χ0v) is 13.3. The number of ether oxygens (including phenoxy) is 1. The van der Waals surface area contributed by atoms with Crippen LogP contribution in [0.3, 0.4) is 0 Å². The number of rotatable bonds is 2. The minimum atomic E-state index is -1.05. The number of carboxylic acid groups (broad SMARTS) is 1. The maximum Gasteiger partial charge on any atom is 0.332 e. The van der Waals surface area contributed by atoms with Gasteiger partial charge in [0.05, 0.1) is 0 Å². The Morgan fingerprint density at radius 2 is 2.00 bits per heavy atom. The van der Waals surface area contributed by atoms with Crippen LogP contribution in [0, 0.1) is 5.82 Å². The smallest absolute Gasteiger partial charge is 0.332 e. The molecule has 2 aliphatic rings. The first-order valence-electron chi connectivity index (χ1n) is 7.10. The van der Waals surface area contributed by atoms with Gasteiger partial charge in [0.25, 0.3) is 5.91 Å². The van der Waals surface area contributed by atoms with E-state index >= 15 is 0 Å². The first-order chi connectivity index (χ1) is 10.5. The molecule has 0 aromatic heterocycles. The van der Waals surface area contributed by atoms with Gasteiger partial charge in [-0.05, 0) is 37.0 Å². The molecule has 2 atom stereocenters. The van der Waals surface area contributed by atoms with Crippen molar-refractivity contribution in [2.75, 3.05) is 6.54 Å². The van der Waals surface area contributed by atoms with Gasteiger partial charge >= 0.3 is 5.97 Å². The normalized spacial score (nSPS) is 24.2. The molecule has 0 spiro atoms. The minimum Gasteiger partial charge on any atom is -0.479 e. The first kappa shape index (κ1) is 15.4. The number of aliphatic carboxylic acids is 1. The lowest BCUT2D eigenvalue weighted by Crippen LogP contribution is -2.42. The number of nitrogens with zero attached hydrogens (tertiary/aromatic N) is 1. The maximum atomic E-state index is 14.0. The van der Waals surface area contributed by atoms with Gasteiger partial charge in [-0.2, -0.15) is 0 Å². The number of hydrogen-bond donors (Lipinski definition) is 1. The lowest BCUT2D eigenvalue weighted by atomic mass is 9.98. The fourth-order valence-electron chi connectivity index (χ4n) is 2.99. The Hall–Kier alpha value is -1.47. The lowest BCUT2D eigenvalue weighted by Gasteiger charge is -2.31. The predicted molar refractivity (Wildman–Crippen MR) is 78.8 cm³/mol. The molecule has 1 saturated heterocycles. The van der Waals surface area contributed by atoms with Crippen LogP contribution in [-0.2, 0) is 27.3 Å². The molecule has 0 radical (unpaired) electrons. The van der Waals surface area contributed by atoms with E-state index in [0.29, 0.717) is 31.4 Å². The summed E-state index contributed by atoms with van der Waals surface area (Å²) < 4.78 is 20.1. The van der Waals surface area contributed by atoms with Crippen molar-refractivity contribution in [3.63, 3.8) is 0 Å². The highest BCUT2D eigenvalue weighted by Crippen LogP contribution is 2.30. The summed E-state index contributed by atoms with van der Waals surface area (Å²) in [5.41, 5.74) is 1.40. The Balaban J connectivity index is 1.74. The predicted octanol–water partition coefficient (Wildman–Crippen LogP) is 2.11. The number of carbonyl (C=O) groups is 2. The number of hydrogen-bond acceptors (Lipinski definition) is 3. The average molecular weight is 372 g/mol. The monoisotopic (exact) mass is 371 g/mol. The van der Waals surface area contributed by atoms with Crippen LogP contribution >= 0.6 is 15.9 Å². The summed E-state index contributed by atoms with van der Waals surface area (Å²) in [7, 11) is 0. The number of carboxylic acids is 1. The molecule has 1 N–H and O–H groups in total. The highest BCUT2D eigenvalue weighted by molar-refractivity contribution is 9.10. The van der Waals surface area contributed by atoms with E-state index in [9.17, 15) is 14.0 Å². The van der Waals surface area contributed by atoms with Gasteiger partial charge in [-0.15, -0.1) is 0 Å². The Bertz CT molecular complexity index is 636.